The maximum absolute atomic E-state index is 15.3. The van der Waals surface area contributed by atoms with Crippen molar-refractivity contribution in [3.63, 3.8) is 0 Å². The quantitative estimate of drug-likeness (QED) is 0.187. The van der Waals surface area contributed by atoms with E-state index >= 15 is 17.6 Å². The van der Waals surface area contributed by atoms with E-state index in [-0.39, 0.29) is 59.4 Å². The number of nitrogens with two attached hydrogens (primary N) is 2. The summed E-state index contributed by atoms with van der Waals surface area (Å²) in [4.78, 5) is 19.8. The lowest BCUT2D eigenvalue weighted by Gasteiger charge is -2.32. The van der Waals surface area contributed by atoms with E-state index in [0.29, 0.717) is 34.4 Å². The molecular weight excluding hydrogens is 644 g/mol. The Kier molecular flexibility index (Phi) is 13.5. The molecular formula is C36H44F4N4O3S. The molecule has 1 unspecified atom stereocenters. The van der Waals surface area contributed by atoms with Gasteiger partial charge >= 0.3 is 5.97 Å². The first-order valence-corrected chi connectivity index (χ1v) is 17.0. The molecule has 3 aromatic carbocycles. The van der Waals surface area contributed by atoms with E-state index in [9.17, 15) is 4.79 Å². The Bertz CT molecular complexity index is 1660. The highest BCUT2D eigenvalue weighted by Crippen LogP contribution is 2.38. The number of ether oxygens (including phenoxy) is 1. The molecule has 0 spiro atoms. The zero-order valence-electron chi connectivity index (χ0n) is 28.0. The molecule has 0 radical (unpaired) electrons. The van der Waals surface area contributed by atoms with Gasteiger partial charge in [-0.3, -0.25) is 9.79 Å². The molecule has 4 rings (SSSR count). The number of aliphatic carboxylic acids is 1. The molecule has 7 nitrogen and oxygen atoms in total. The lowest BCUT2D eigenvalue weighted by Crippen LogP contribution is -2.41. The average molecular weight is 689 g/mol. The first kappa shape index (κ1) is 38.4. The largest absolute Gasteiger partial charge is 0.481 e. The van der Waals surface area contributed by atoms with Crippen molar-refractivity contribution in [2.75, 3.05) is 24.3 Å². The van der Waals surface area contributed by atoms with Crippen molar-refractivity contribution in [2.45, 2.75) is 77.6 Å². The summed E-state index contributed by atoms with van der Waals surface area (Å²) in [6.45, 7) is 7.41. The number of hydrogen-bond acceptors (Lipinski definition) is 6. The Labute approximate surface area is 283 Å². The minimum Gasteiger partial charge on any atom is -0.481 e. The van der Waals surface area contributed by atoms with Crippen LogP contribution in [-0.2, 0) is 23.1 Å². The van der Waals surface area contributed by atoms with Crippen molar-refractivity contribution in [1.29, 1.82) is 0 Å². The molecule has 0 aliphatic carbocycles. The fourth-order valence-electron chi connectivity index (χ4n) is 5.33. The van der Waals surface area contributed by atoms with E-state index in [1.807, 2.05) is 13.8 Å². The van der Waals surface area contributed by atoms with Crippen LogP contribution < -0.4 is 16.2 Å². The van der Waals surface area contributed by atoms with Crippen LogP contribution in [-0.4, -0.2) is 47.2 Å². The molecule has 1 heterocycles. The number of rotatable bonds is 4. The van der Waals surface area contributed by atoms with Gasteiger partial charge in [-0.1, -0.05) is 38.1 Å². The van der Waals surface area contributed by atoms with E-state index < -0.39 is 41.8 Å². The zero-order valence-corrected chi connectivity index (χ0v) is 28.8. The minimum atomic E-state index is -3.05. The van der Waals surface area contributed by atoms with E-state index in [4.69, 9.17) is 21.3 Å². The third-order valence-corrected chi connectivity index (χ3v) is 9.34. The van der Waals surface area contributed by atoms with Gasteiger partial charge in [0.1, 0.15) is 17.4 Å². The van der Waals surface area contributed by atoms with Gasteiger partial charge in [-0.2, -0.15) is 11.8 Å². The fourth-order valence-corrected chi connectivity index (χ4v) is 6.33. The molecule has 0 saturated carbocycles. The fraction of sp³-hybridized carbons (Fsp3) is 0.417. The van der Waals surface area contributed by atoms with Crippen LogP contribution in [0, 0.1) is 18.6 Å². The van der Waals surface area contributed by atoms with Gasteiger partial charge in [0, 0.05) is 43.6 Å². The molecule has 0 aromatic heterocycles. The van der Waals surface area contributed by atoms with Crippen molar-refractivity contribution in [3.8, 4) is 11.5 Å². The Balaban J connectivity index is 0.00000307. The molecule has 48 heavy (non-hydrogen) atoms. The standard InChI is InChI=1S/C34H38F4N4O3S.C2H6/c1-20-24-11-15-46-16-14-34(37,38)13-12-33(2,22-6-4-5-21(17-22)7-10-29(43)44)32(40)42-31(41-3)25-18-23(8-9-26(25)35)45-30(24)27(36)19-28(20)39;1-2/h4-6,8-9,17-19H,7,10-16,39H2,1-3H3,(H,43,44)(H2,40,41,42);1-2H3. The predicted molar refractivity (Wildman–Crippen MR) is 187 cm³/mol. The van der Waals surface area contributed by atoms with Crippen LogP contribution in [0.4, 0.5) is 23.2 Å². The Morgan fingerprint density at radius 1 is 1.04 bits per heavy atom. The van der Waals surface area contributed by atoms with E-state index in [0.717, 1.165) is 12.1 Å². The number of carboxylic acids is 1. The molecule has 3 aromatic rings. The summed E-state index contributed by atoms with van der Waals surface area (Å²) in [7, 11) is 1.39. The summed E-state index contributed by atoms with van der Waals surface area (Å²) in [6.07, 6.45) is -0.569. The van der Waals surface area contributed by atoms with Crippen LogP contribution in [0.3, 0.4) is 0 Å². The van der Waals surface area contributed by atoms with E-state index in [1.165, 1.54) is 30.9 Å². The molecule has 5 N–H and O–H groups in total. The van der Waals surface area contributed by atoms with Crippen molar-refractivity contribution >= 4 is 35.1 Å². The second-order valence-corrected chi connectivity index (χ2v) is 12.8. The van der Waals surface area contributed by atoms with Crippen molar-refractivity contribution < 1.29 is 32.2 Å². The van der Waals surface area contributed by atoms with Crippen LogP contribution in [0.2, 0.25) is 0 Å². The summed E-state index contributed by atoms with van der Waals surface area (Å²) in [6, 6.07) is 11.9. The van der Waals surface area contributed by atoms with E-state index in [1.54, 1.807) is 38.1 Å². The topological polar surface area (TPSA) is 123 Å². The first-order valence-electron chi connectivity index (χ1n) is 15.9. The van der Waals surface area contributed by atoms with Crippen molar-refractivity contribution in [2.24, 2.45) is 15.7 Å². The minimum absolute atomic E-state index is 0.0790. The van der Waals surface area contributed by atoms with Gasteiger partial charge < -0.3 is 21.3 Å². The normalized spacial score (nSPS) is 19.4. The third-order valence-electron chi connectivity index (χ3n) is 8.35. The SMILES string of the molecule is CC.CN=C1N=C(N)C(C)(c2cccc(CCC(=O)O)c2)CCC(F)(F)CCSCCc2c(C)c(N)cc(F)c2Oc2ccc(F)c1c2. The molecule has 1 aliphatic rings. The number of thioether (sulfide) groups is 1. The molecule has 0 saturated heterocycles. The van der Waals surface area contributed by atoms with Gasteiger partial charge in [0.15, 0.2) is 17.4 Å². The summed E-state index contributed by atoms with van der Waals surface area (Å²) in [5.74, 6) is -5.00. The highest BCUT2D eigenvalue weighted by atomic mass is 32.2. The molecule has 0 fully saturated rings. The molecule has 12 heteroatoms. The van der Waals surface area contributed by atoms with Crippen LogP contribution >= 0.6 is 11.8 Å². The first-order chi connectivity index (χ1) is 22.7. The van der Waals surface area contributed by atoms with Crippen molar-refractivity contribution in [1.82, 2.24) is 0 Å². The summed E-state index contributed by atoms with van der Waals surface area (Å²) in [5, 5.41) is 9.15. The van der Waals surface area contributed by atoms with Gasteiger partial charge in [-0.05, 0) is 79.5 Å². The highest BCUT2D eigenvalue weighted by Gasteiger charge is 2.38. The lowest BCUT2D eigenvalue weighted by molar-refractivity contribution is -0.136. The number of nitrogens with zero attached hydrogens (tertiary/aromatic N) is 2. The van der Waals surface area contributed by atoms with Crippen LogP contribution in [0.5, 0.6) is 11.5 Å². The van der Waals surface area contributed by atoms with Gasteiger partial charge in [-0.15, -0.1) is 0 Å². The Morgan fingerprint density at radius 2 is 1.77 bits per heavy atom. The summed E-state index contributed by atoms with van der Waals surface area (Å²) in [5.41, 5.74) is 13.9. The maximum atomic E-state index is 15.3. The Hall–Kier alpha value is -4.06. The number of aryl methyl sites for hydroxylation is 1. The number of anilines is 1. The van der Waals surface area contributed by atoms with E-state index in [2.05, 4.69) is 9.98 Å². The number of nitrogen functional groups attached to an aromatic ring is 1. The number of fused-ring (bicyclic) bond motifs is 3. The van der Waals surface area contributed by atoms with Crippen LogP contribution in [0.15, 0.2) is 58.5 Å². The van der Waals surface area contributed by atoms with Gasteiger partial charge in [0.05, 0.1) is 11.0 Å². The third kappa shape index (κ3) is 9.52. The van der Waals surface area contributed by atoms with Crippen LogP contribution in [0.25, 0.3) is 0 Å². The van der Waals surface area contributed by atoms with Gasteiger partial charge in [0.25, 0.3) is 0 Å². The van der Waals surface area contributed by atoms with Crippen molar-refractivity contribution in [3.05, 3.63) is 88.0 Å². The number of benzene rings is 3. The monoisotopic (exact) mass is 688 g/mol. The number of alkyl halides is 2. The number of halogens is 4. The molecule has 1 atom stereocenters. The molecule has 1 aliphatic heterocycles. The summed E-state index contributed by atoms with van der Waals surface area (Å²) >= 11 is 1.31. The number of amidine groups is 2. The van der Waals surface area contributed by atoms with Crippen LogP contribution in [0.1, 0.15) is 74.3 Å². The van der Waals surface area contributed by atoms with Gasteiger partial charge in [-0.25, -0.2) is 22.6 Å². The second-order valence-electron chi connectivity index (χ2n) is 11.6. The zero-order chi connectivity index (χ0) is 35.6. The predicted octanol–water partition coefficient (Wildman–Crippen LogP) is 8.48. The number of aliphatic imine (C=N–C) groups is 2. The number of carbonyl (C=O) groups is 1. The smallest absolute Gasteiger partial charge is 0.303 e. The second kappa shape index (κ2) is 16.9. The highest BCUT2D eigenvalue weighted by molar-refractivity contribution is 7.99. The number of hydrogen-bond donors (Lipinski definition) is 3. The average Bonchev–Trinajstić information content (AvgIpc) is 3.06. The molecule has 2 bridgehead atoms. The lowest BCUT2D eigenvalue weighted by atomic mass is 9.75. The molecule has 0 amide bonds. The van der Waals surface area contributed by atoms with Gasteiger partial charge in [0.2, 0.25) is 5.92 Å². The maximum Gasteiger partial charge on any atom is 0.303 e. The Morgan fingerprint density at radius 3 is 2.46 bits per heavy atom. The molecule has 260 valence electrons. The number of carboxylic acid groups (broad SMARTS) is 1. The summed E-state index contributed by atoms with van der Waals surface area (Å²) < 4.78 is 67.2.